The molecule has 1 aliphatic carbocycles. The molecule has 0 aromatic rings. The number of aliphatic carboxylic acids is 1. The Hall–Kier alpha value is -0.570. The average molecular weight is 251 g/mol. The van der Waals surface area contributed by atoms with Gasteiger partial charge in [0.25, 0.3) is 0 Å². The lowest BCUT2D eigenvalue weighted by molar-refractivity contribution is -0.138. The van der Waals surface area contributed by atoms with Gasteiger partial charge < -0.3 is 5.11 Å². The third-order valence-electron chi connectivity index (χ3n) is 5.44. The molecule has 0 amide bonds. The standard InChI is InChI=1S/C15H25NO2/c1-10-2-3-12(6-10)16-13-4-5-14(16)8-11(7-13)9-15(17)18/h10-14H,2-9H2,1H3,(H,17,18). The van der Waals surface area contributed by atoms with E-state index >= 15 is 0 Å². The topological polar surface area (TPSA) is 40.5 Å². The van der Waals surface area contributed by atoms with Crippen LogP contribution in [0.2, 0.25) is 0 Å². The van der Waals surface area contributed by atoms with E-state index in [-0.39, 0.29) is 0 Å². The highest BCUT2D eigenvalue weighted by Crippen LogP contribution is 2.44. The fourth-order valence-electron chi connectivity index (χ4n) is 4.78. The fraction of sp³-hybridized carbons (Fsp3) is 0.933. The molecule has 18 heavy (non-hydrogen) atoms. The lowest BCUT2D eigenvalue weighted by atomic mass is 9.87. The second-order valence-electron chi connectivity index (χ2n) is 6.84. The minimum absolute atomic E-state index is 0.391. The van der Waals surface area contributed by atoms with Crippen LogP contribution in [0.5, 0.6) is 0 Å². The molecule has 0 spiro atoms. The van der Waals surface area contributed by atoms with Gasteiger partial charge in [-0.2, -0.15) is 0 Å². The summed E-state index contributed by atoms with van der Waals surface area (Å²) in [6.07, 6.45) is 9.41. The number of carboxylic acids is 1. The first-order valence-electron chi connectivity index (χ1n) is 7.62. The third kappa shape index (κ3) is 2.29. The number of nitrogens with zero attached hydrogens (tertiary/aromatic N) is 1. The Morgan fingerprint density at radius 3 is 2.11 bits per heavy atom. The Kier molecular flexibility index (Phi) is 3.35. The minimum atomic E-state index is -0.609. The smallest absolute Gasteiger partial charge is 0.303 e. The molecule has 1 N–H and O–H groups in total. The maximum atomic E-state index is 10.9. The van der Waals surface area contributed by atoms with Crippen LogP contribution in [0.1, 0.15) is 58.3 Å². The van der Waals surface area contributed by atoms with Crippen molar-refractivity contribution in [1.29, 1.82) is 0 Å². The van der Waals surface area contributed by atoms with Crippen molar-refractivity contribution in [3.63, 3.8) is 0 Å². The highest BCUT2D eigenvalue weighted by atomic mass is 16.4. The highest BCUT2D eigenvalue weighted by Gasteiger charge is 2.45. The molecular weight excluding hydrogens is 226 g/mol. The molecule has 102 valence electrons. The SMILES string of the molecule is CC1CCC(N2C3CCC2CC(CC(=O)O)C3)C1. The van der Waals surface area contributed by atoms with Gasteiger partial charge in [-0.15, -0.1) is 0 Å². The molecule has 0 aromatic heterocycles. The van der Waals surface area contributed by atoms with Crippen molar-refractivity contribution in [2.45, 2.75) is 76.4 Å². The van der Waals surface area contributed by atoms with E-state index in [1.165, 1.54) is 32.1 Å². The zero-order chi connectivity index (χ0) is 12.7. The molecule has 3 nitrogen and oxygen atoms in total. The van der Waals surface area contributed by atoms with Crippen molar-refractivity contribution in [2.24, 2.45) is 11.8 Å². The molecule has 2 aliphatic heterocycles. The highest BCUT2D eigenvalue weighted by molar-refractivity contribution is 5.67. The van der Waals surface area contributed by atoms with Crippen LogP contribution in [0, 0.1) is 11.8 Å². The molecule has 0 aromatic carbocycles. The molecule has 3 rings (SSSR count). The van der Waals surface area contributed by atoms with E-state index in [4.69, 9.17) is 5.11 Å². The Labute approximate surface area is 110 Å². The second kappa shape index (κ2) is 4.84. The van der Waals surface area contributed by atoms with Gasteiger partial charge in [0.05, 0.1) is 0 Å². The van der Waals surface area contributed by atoms with Crippen molar-refractivity contribution in [1.82, 2.24) is 4.90 Å². The molecule has 2 saturated heterocycles. The van der Waals surface area contributed by atoms with Crippen LogP contribution in [0.4, 0.5) is 0 Å². The molecule has 3 heteroatoms. The van der Waals surface area contributed by atoms with Gasteiger partial charge in [-0.3, -0.25) is 9.69 Å². The largest absolute Gasteiger partial charge is 0.481 e. The number of rotatable bonds is 3. The van der Waals surface area contributed by atoms with Gasteiger partial charge in [-0.05, 0) is 56.8 Å². The van der Waals surface area contributed by atoms with Crippen molar-refractivity contribution in [3.05, 3.63) is 0 Å². The summed E-state index contributed by atoms with van der Waals surface area (Å²) in [4.78, 5) is 13.7. The van der Waals surface area contributed by atoms with Gasteiger partial charge in [-0.1, -0.05) is 6.92 Å². The normalized spacial score (nSPS) is 44.4. The van der Waals surface area contributed by atoms with E-state index in [9.17, 15) is 4.79 Å². The molecule has 4 atom stereocenters. The predicted molar refractivity (Wildman–Crippen MR) is 70.4 cm³/mol. The van der Waals surface area contributed by atoms with Crippen molar-refractivity contribution in [3.8, 4) is 0 Å². The lowest BCUT2D eigenvalue weighted by Crippen LogP contribution is -2.48. The Morgan fingerprint density at radius 2 is 1.61 bits per heavy atom. The summed E-state index contributed by atoms with van der Waals surface area (Å²) in [5, 5.41) is 8.96. The molecule has 3 fully saturated rings. The Balaban J connectivity index is 1.64. The van der Waals surface area contributed by atoms with Crippen LogP contribution in [0.3, 0.4) is 0 Å². The first-order chi connectivity index (χ1) is 8.63. The molecule has 1 saturated carbocycles. The van der Waals surface area contributed by atoms with Gasteiger partial charge in [0, 0.05) is 24.5 Å². The number of piperidine rings is 1. The van der Waals surface area contributed by atoms with Crippen LogP contribution < -0.4 is 0 Å². The number of fused-ring (bicyclic) bond motifs is 2. The summed E-state index contributed by atoms with van der Waals surface area (Å²) < 4.78 is 0. The van der Waals surface area contributed by atoms with Crippen molar-refractivity contribution < 1.29 is 9.90 Å². The van der Waals surface area contributed by atoms with Crippen LogP contribution in [-0.4, -0.2) is 34.1 Å². The zero-order valence-electron chi connectivity index (χ0n) is 11.3. The molecular formula is C15H25NO2. The van der Waals surface area contributed by atoms with Gasteiger partial charge in [-0.25, -0.2) is 0 Å². The van der Waals surface area contributed by atoms with Gasteiger partial charge in [0.1, 0.15) is 0 Å². The van der Waals surface area contributed by atoms with Crippen LogP contribution in [-0.2, 0) is 4.79 Å². The van der Waals surface area contributed by atoms with E-state index < -0.39 is 5.97 Å². The zero-order valence-corrected chi connectivity index (χ0v) is 11.3. The number of hydrogen-bond donors (Lipinski definition) is 1. The maximum Gasteiger partial charge on any atom is 0.303 e. The molecule has 4 unspecified atom stereocenters. The van der Waals surface area contributed by atoms with Crippen LogP contribution in [0.15, 0.2) is 0 Å². The second-order valence-corrected chi connectivity index (χ2v) is 6.84. The fourth-order valence-corrected chi connectivity index (χ4v) is 4.78. The number of carboxylic acid groups (broad SMARTS) is 1. The third-order valence-corrected chi connectivity index (χ3v) is 5.44. The lowest BCUT2D eigenvalue weighted by Gasteiger charge is -2.42. The van der Waals surface area contributed by atoms with Gasteiger partial charge >= 0.3 is 5.97 Å². The van der Waals surface area contributed by atoms with Gasteiger partial charge in [0.2, 0.25) is 0 Å². The van der Waals surface area contributed by atoms with Crippen molar-refractivity contribution in [2.75, 3.05) is 0 Å². The van der Waals surface area contributed by atoms with Crippen molar-refractivity contribution >= 4 is 5.97 Å². The monoisotopic (exact) mass is 251 g/mol. The first-order valence-corrected chi connectivity index (χ1v) is 7.62. The molecule has 2 heterocycles. The van der Waals surface area contributed by atoms with E-state index in [0.29, 0.717) is 24.4 Å². The quantitative estimate of drug-likeness (QED) is 0.838. The predicted octanol–water partition coefficient (Wildman–Crippen LogP) is 2.89. The van der Waals surface area contributed by atoms with E-state index in [1.54, 1.807) is 0 Å². The van der Waals surface area contributed by atoms with Crippen LogP contribution in [0.25, 0.3) is 0 Å². The summed E-state index contributed by atoms with van der Waals surface area (Å²) in [5.41, 5.74) is 0. The number of carbonyl (C=O) groups is 1. The summed E-state index contributed by atoms with van der Waals surface area (Å²) in [6.45, 7) is 2.37. The minimum Gasteiger partial charge on any atom is -0.481 e. The van der Waals surface area contributed by atoms with Crippen LogP contribution >= 0.6 is 0 Å². The molecule has 3 aliphatic rings. The maximum absolute atomic E-state index is 10.9. The molecule has 2 bridgehead atoms. The Morgan fingerprint density at radius 1 is 1.06 bits per heavy atom. The average Bonchev–Trinajstić information content (AvgIpc) is 2.80. The summed E-state index contributed by atoms with van der Waals surface area (Å²) in [6, 6.07) is 2.20. The summed E-state index contributed by atoms with van der Waals surface area (Å²) in [5.74, 6) is 0.726. The summed E-state index contributed by atoms with van der Waals surface area (Å²) in [7, 11) is 0. The summed E-state index contributed by atoms with van der Waals surface area (Å²) >= 11 is 0. The first kappa shape index (κ1) is 12.5. The van der Waals surface area contributed by atoms with E-state index in [1.807, 2.05) is 0 Å². The van der Waals surface area contributed by atoms with Gasteiger partial charge in [0.15, 0.2) is 0 Å². The van der Waals surface area contributed by atoms with E-state index in [0.717, 1.165) is 24.8 Å². The Bertz CT molecular complexity index is 316. The number of hydrogen-bond acceptors (Lipinski definition) is 2. The van der Waals surface area contributed by atoms with E-state index in [2.05, 4.69) is 11.8 Å². The molecule has 0 radical (unpaired) electrons.